The van der Waals surface area contributed by atoms with Crippen molar-refractivity contribution in [2.24, 2.45) is 0 Å². The van der Waals surface area contributed by atoms with E-state index < -0.39 is 40.4 Å². The second-order valence-corrected chi connectivity index (χ2v) is 8.05. The number of carbonyl (C=O) groups excluding carboxylic acids is 2. The topological polar surface area (TPSA) is 117 Å². The van der Waals surface area contributed by atoms with E-state index in [4.69, 9.17) is 17.3 Å². The molecule has 178 valence electrons. The standard InChI is InChI=1S/C23H20ClF3N4O3/c1-10(2)30-22(33)16-7-12(9-29-21(16)28)15-3-4-17(19(27)18(15)24)31-23(34)20(32)11-5-13(25)8-14(26)6-11/h3-10,20,32H,1-2H3,(H2,28,29)(H,30,33)(H,31,34)/t20-/m1/s1. The Morgan fingerprint density at radius 1 is 1.09 bits per heavy atom. The van der Waals surface area contributed by atoms with Gasteiger partial charge in [0.05, 0.1) is 16.3 Å². The minimum atomic E-state index is -1.97. The number of aliphatic hydroxyl groups excluding tert-OH is 1. The summed E-state index contributed by atoms with van der Waals surface area (Å²) in [6, 6.07) is 5.93. The highest BCUT2D eigenvalue weighted by molar-refractivity contribution is 6.34. The number of rotatable bonds is 6. The Kier molecular flexibility index (Phi) is 7.43. The first-order valence-electron chi connectivity index (χ1n) is 9.97. The van der Waals surface area contributed by atoms with E-state index in [1.807, 2.05) is 0 Å². The van der Waals surface area contributed by atoms with Crippen LogP contribution in [0.15, 0.2) is 42.6 Å². The Hall–Kier alpha value is -3.63. The van der Waals surface area contributed by atoms with Crippen LogP contribution in [-0.2, 0) is 4.79 Å². The number of benzene rings is 2. The van der Waals surface area contributed by atoms with Crippen LogP contribution in [0, 0.1) is 17.5 Å². The zero-order chi connectivity index (χ0) is 25.2. The van der Waals surface area contributed by atoms with Crippen molar-refractivity contribution >= 4 is 34.9 Å². The van der Waals surface area contributed by atoms with Crippen LogP contribution >= 0.6 is 11.6 Å². The number of nitrogens with one attached hydrogen (secondary N) is 2. The van der Waals surface area contributed by atoms with Gasteiger partial charge in [-0.3, -0.25) is 9.59 Å². The molecule has 0 aliphatic rings. The molecule has 0 aliphatic carbocycles. The number of halogens is 4. The smallest absolute Gasteiger partial charge is 0.257 e. The number of anilines is 2. The van der Waals surface area contributed by atoms with Gasteiger partial charge in [0, 0.05) is 29.4 Å². The van der Waals surface area contributed by atoms with Crippen LogP contribution in [-0.4, -0.2) is 27.9 Å². The molecule has 1 atom stereocenters. The van der Waals surface area contributed by atoms with Crippen molar-refractivity contribution in [3.8, 4) is 11.1 Å². The molecule has 1 heterocycles. The molecular formula is C23H20ClF3N4O3. The third-order valence-corrected chi connectivity index (χ3v) is 5.05. The first-order valence-corrected chi connectivity index (χ1v) is 10.4. The largest absolute Gasteiger partial charge is 0.383 e. The number of aliphatic hydroxyl groups is 1. The van der Waals surface area contributed by atoms with Crippen LogP contribution in [0.2, 0.25) is 5.02 Å². The molecule has 5 N–H and O–H groups in total. The number of hydrogen-bond donors (Lipinski definition) is 4. The average molecular weight is 493 g/mol. The summed E-state index contributed by atoms with van der Waals surface area (Å²) >= 11 is 6.16. The lowest BCUT2D eigenvalue weighted by molar-refractivity contribution is -0.124. The van der Waals surface area contributed by atoms with Gasteiger partial charge in [-0.05, 0) is 43.7 Å². The first-order chi connectivity index (χ1) is 16.0. The molecule has 1 aromatic heterocycles. The Labute approximate surface area is 197 Å². The predicted octanol–water partition coefficient (Wildman–Crippen LogP) is 4.21. The lowest BCUT2D eigenvalue weighted by atomic mass is 10.0. The maximum Gasteiger partial charge on any atom is 0.257 e. The summed E-state index contributed by atoms with van der Waals surface area (Å²) in [7, 11) is 0. The molecule has 11 heteroatoms. The Morgan fingerprint density at radius 2 is 1.74 bits per heavy atom. The van der Waals surface area contributed by atoms with E-state index in [0.29, 0.717) is 11.6 Å². The molecule has 0 unspecified atom stereocenters. The van der Waals surface area contributed by atoms with Gasteiger partial charge in [0.25, 0.3) is 11.8 Å². The SMILES string of the molecule is CC(C)NC(=O)c1cc(-c2ccc(NC(=O)[C@H](O)c3cc(F)cc(F)c3)c(F)c2Cl)cnc1N. The maximum atomic E-state index is 14.9. The van der Waals surface area contributed by atoms with Gasteiger partial charge < -0.3 is 21.5 Å². The van der Waals surface area contributed by atoms with Crippen molar-refractivity contribution in [2.75, 3.05) is 11.1 Å². The third kappa shape index (κ3) is 5.46. The van der Waals surface area contributed by atoms with Crippen LogP contribution in [0.25, 0.3) is 11.1 Å². The lowest BCUT2D eigenvalue weighted by Crippen LogP contribution is -2.30. The number of pyridine rings is 1. The summed E-state index contributed by atoms with van der Waals surface area (Å²) in [5.74, 6) is -4.63. The Balaban J connectivity index is 1.88. The number of aromatic nitrogens is 1. The van der Waals surface area contributed by atoms with Crippen LogP contribution in [0.3, 0.4) is 0 Å². The molecular weight excluding hydrogens is 473 g/mol. The summed E-state index contributed by atoms with van der Waals surface area (Å²) in [4.78, 5) is 28.6. The first kappa shape index (κ1) is 25.0. The molecule has 3 rings (SSSR count). The number of nitrogen functional groups attached to an aromatic ring is 1. The van der Waals surface area contributed by atoms with Gasteiger partial charge >= 0.3 is 0 Å². The molecule has 0 radical (unpaired) electrons. The van der Waals surface area contributed by atoms with Gasteiger partial charge in [0.1, 0.15) is 17.5 Å². The zero-order valence-electron chi connectivity index (χ0n) is 18.0. The number of nitrogens with two attached hydrogens (primary N) is 1. The molecule has 2 amide bonds. The van der Waals surface area contributed by atoms with Crippen molar-refractivity contribution < 1.29 is 27.9 Å². The van der Waals surface area contributed by atoms with Gasteiger partial charge in [-0.1, -0.05) is 17.7 Å². The van der Waals surface area contributed by atoms with Gasteiger partial charge in [0.15, 0.2) is 11.9 Å². The monoisotopic (exact) mass is 492 g/mol. The van der Waals surface area contributed by atoms with E-state index in [-0.39, 0.29) is 34.2 Å². The minimum absolute atomic E-state index is 0.0230. The summed E-state index contributed by atoms with van der Waals surface area (Å²) < 4.78 is 41.7. The average Bonchev–Trinajstić information content (AvgIpc) is 2.76. The number of hydrogen-bond acceptors (Lipinski definition) is 5. The fourth-order valence-electron chi connectivity index (χ4n) is 3.10. The van der Waals surface area contributed by atoms with Gasteiger partial charge in [-0.15, -0.1) is 0 Å². The summed E-state index contributed by atoms with van der Waals surface area (Å²) in [5.41, 5.74) is 5.59. The molecule has 0 saturated heterocycles. The predicted molar refractivity (Wildman–Crippen MR) is 122 cm³/mol. The van der Waals surface area contributed by atoms with E-state index in [1.165, 1.54) is 24.4 Å². The fraction of sp³-hybridized carbons (Fsp3) is 0.174. The van der Waals surface area contributed by atoms with Crippen molar-refractivity contribution in [3.05, 3.63) is 76.2 Å². The Bertz CT molecular complexity index is 1250. The molecule has 7 nitrogen and oxygen atoms in total. The minimum Gasteiger partial charge on any atom is -0.383 e. The van der Waals surface area contributed by atoms with Crippen LogP contribution in [0.5, 0.6) is 0 Å². The molecule has 34 heavy (non-hydrogen) atoms. The summed E-state index contributed by atoms with van der Waals surface area (Å²) in [5, 5.41) is 14.5. The van der Waals surface area contributed by atoms with E-state index >= 15 is 0 Å². The molecule has 0 fully saturated rings. The van der Waals surface area contributed by atoms with E-state index in [0.717, 1.165) is 12.1 Å². The molecule has 0 aliphatic heterocycles. The van der Waals surface area contributed by atoms with Crippen LogP contribution in [0.4, 0.5) is 24.7 Å². The molecule has 3 aromatic rings. The highest BCUT2D eigenvalue weighted by atomic mass is 35.5. The van der Waals surface area contributed by atoms with Crippen LogP contribution < -0.4 is 16.4 Å². The normalized spacial score (nSPS) is 11.9. The van der Waals surface area contributed by atoms with Crippen molar-refractivity contribution in [1.82, 2.24) is 10.3 Å². The quantitative estimate of drug-likeness (QED) is 0.411. The van der Waals surface area contributed by atoms with E-state index in [1.54, 1.807) is 13.8 Å². The number of amides is 2. The highest BCUT2D eigenvalue weighted by Gasteiger charge is 2.22. The zero-order valence-corrected chi connectivity index (χ0v) is 18.8. The molecule has 0 saturated carbocycles. The maximum absolute atomic E-state index is 14.9. The lowest BCUT2D eigenvalue weighted by Gasteiger charge is -2.15. The second-order valence-electron chi connectivity index (χ2n) is 7.67. The molecule has 2 aromatic carbocycles. The van der Waals surface area contributed by atoms with Gasteiger partial charge in [-0.25, -0.2) is 18.2 Å². The van der Waals surface area contributed by atoms with Gasteiger partial charge in [0.2, 0.25) is 0 Å². The number of carbonyl (C=O) groups is 2. The molecule has 0 bridgehead atoms. The fourth-order valence-corrected chi connectivity index (χ4v) is 3.37. The Morgan fingerprint density at radius 3 is 2.35 bits per heavy atom. The van der Waals surface area contributed by atoms with Gasteiger partial charge in [-0.2, -0.15) is 0 Å². The highest BCUT2D eigenvalue weighted by Crippen LogP contribution is 2.35. The van der Waals surface area contributed by atoms with Crippen molar-refractivity contribution in [3.63, 3.8) is 0 Å². The second kappa shape index (κ2) is 10.1. The van der Waals surface area contributed by atoms with Crippen molar-refractivity contribution in [2.45, 2.75) is 26.0 Å². The molecule has 0 spiro atoms. The van der Waals surface area contributed by atoms with Crippen molar-refractivity contribution in [1.29, 1.82) is 0 Å². The third-order valence-electron chi connectivity index (χ3n) is 4.68. The summed E-state index contributed by atoms with van der Waals surface area (Å²) in [6.45, 7) is 3.54. The van der Waals surface area contributed by atoms with E-state index in [2.05, 4.69) is 15.6 Å². The number of nitrogens with zero attached hydrogens (tertiary/aromatic N) is 1. The van der Waals surface area contributed by atoms with E-state index in [9.17, 15) is 27.9 Å². The van der Waals surface area contributed by atoms with Crippen LogP contribution in [0.1, 0.15) is 35.9 Å². The summed E-state index contributed by atoms with van der Waals surface area (Å²) in [6.07, 6.45) is -0.658.